The van der Waals surface area contributed by atoms with Gasteiger partial charge < -0.3 is 0 Å². The summed E-state index contributed by atoms with van der Waals surface area (Å²) in [7, 11) is 0. The molecule has 13 heavy (non-hydrogen) atoms. The number of aryl methyl sites for hydroxylation is 1. The lowest BCUT2D eigenvalue weighted by molar-refractivity contribution is -0.116. The molecule has 0 unspecified atom stereocenters. The average molecular weight is 173 g/mol. The van der Waals surface area contributed by atoms with Gasteiger partial charge in [-0.3, -0.25) is 4.79 Å². The van der Waals surface area contributed by atoms with Gasteiger partial charge in [0.2, 0.25) is 0 Å². The van der Waals surface area contributed by atoms with Gasteiger partial charge in [0.1, 0.15) is 5.78 Å². The van der Waals surface area contributed by atoms with Crippen LogP contribution in [0, 0.1) is 18.3 Å². The first-order valence-corrected chi connectivity index (χ1v) is 4.12. The summed E-state index contributed by atoms with van der Waals surface area (Å²) in [5, 5.41) is 8.76. The summed E-state index contributed by atoms with van der Waals surface area (Å²) in [6.45, 7) is 3.48. The van der Waals surface area contributed by atoms with Crippen molar-refractivity contribution in [1.29, 1.82) is 5.26 Å². The Morgan fingerprint density at radius 1 is 1.54 bits per heavy atom. The maximum atomic E-state index is 10.9. The van der Waals surface area contributed by atoms with Crippen molar-refractivity contribution in [2.24, 2.45) is 0 Å². The third-order valence-electron chi connectivity index (χ3n) is 1.82. The maximum absolute atomic E-state index is 10.9. The number of nitrogens with zero attached hydrogens (tertiary/aromatic N) is 1. The summed E-state index contributed by atoms with van der Waals surface area (Å²) in [6, 6.07) is 7.60. The fourth-order valence-electron chi connectivity index (χ4n) is 1.25. The number of nitriles is 1. The van der Waals surface area contributed by atoms with Gasteiger partial charge in [0, 0.05) is 6.42 Å². The normalized spacial score (nSPS) is 9.31. The van der Waals surface area contributed by atoms with Gasteiger partial charge in [-0.15, -0.1) is 0 Å². The molecule has 0 saturated heterocycles. The van der Waals surface area contributed by atoms with E-state index in [1.54, 1.807) is 6.07 Å². The zero-order valence-electron chi connectivity index (χ0n) is 7.79. The molecule has 0 heterocycles. The summed E-state index contributed by atoms with van der Waals surface area (Å²) in [5.74, 6) is 0.0853. The van der Waals surface area contributed by atoms with E-state index in [0.29, 0.717) is 12.0 Å². The van der Waals surface area contributed by atoms with E-state index in [2.05, 4.69) is 6.07 Å². The van der Waals surface area contributed by atoms with E-state index in [1.165, 1.54) is 6.92 Å². The van der Waals surface area contributed by atoms with E-state index in [1.807, 2.05) is 19.1 Å². The molecule has 2 nitrogen and oxygen atoms in total. The lowest BCUT2D eigenvalue weighted by atomic mass is 10.0. The standard InChI is InChI=1S/C11H11NO/c1-8-3-4-10(7-12)11(5-8)6-9(2)13/h3-5H,6H2,1-2H3. The molecule has 1 rings (SSSR count). The van der Waals surface area contributed by atoms with Crippen LogP contribution in [-0.2, 0) is 11.2 Å². The van der Waals surface area contributed by atoms with Crippen molar-refractivity contribution in [3.63, 3.8) is 0 Å². The van der Waals surface area contributed by atoms with E-state index in [9.17, 15) is 4.79 Å². The van der Waals surface area contributed by atoms with E-state index in [-0.39, 0.29) is 5.78 Å². The van der Waals surface area contributed by atoms with Crippen molar-refractivity contribution in [3.8, 4) is 6.07 Å². The third-order valence-corrected chi connectivity index (χ3v) is 1.82. The highest BCUT2D eigenvalue weighted by Crippen LogP contribution is 2.11. The number of Topliss-reactive ketones (excluding diaryl/α,β-unsaturated/α-hetero) is 1. The summed E-state index contributed by atoms with van der Waals surface area (Å²) in [5.41, 5.74) is 2.51. The smallest absolute Gasteiger partial charge is 0.134 e. The molecule has 0 aromatic heterocycles. The summed E-state index contributed by atoms with van der Waals surface area (Å²) < 4.78 is 0. The SMILES string of the molecule is CC(=O)Cc1cc(C)ccc1C#N. The first-order chi connectivity index (χ1) is 6.13. The van der Waals surface area contributed by atoms with Gasteiger partial charge >= 0.3 is 0 Å². The predicted octanol–water partition coefficient (Wildman–Crippen LogP) is 2.00. The number of rotatable bonds is 2. The minimum atomic E-state index is 0.0853. The van der Waals surface area contributed by atoms with Crippen LogP contribution in [0.5, 0.6) is 0 Å². The molecule has 0 aliphatic heterocycles. The lowest BCUT2D eigenvalue weighted by Crippen LogP contribution is -1.99. The number of carbonyl (C=O) groups excluding carboxylic acids is 1. The highest BCUT2D eigenvalue weighted by molar-refractivity contribution is 5.79. The molecular formula is C11H11NO. The largest absolute Gasteiger partial charge is 0.300 e. The Hall–Kier alpha value is -1.62. The summed E-state index contributed by atoms with van der Waals surface area (Å²) in [4.78, 5) is 10.9. The molecule has 0 aliphatic rings. The molecule has 66 valence electrons. The average Bonchev–Trinajstić information content (AvgIpc) is 2.03. The minimum Gasteiger partial charge on any atom is -0.300 e. The van der Waals surface area contributed by atoms with Crippen LogP contribution in [0.1, 0.15) is 23.6 Å². The Kier molecular flexibility index (Phi) is 2.81. The van der Waals surface area contributed by atoms with Gasteiger partial charge in [0.25, 0.3) is 0 Å². The second-order valence-corrected chi connectivity index (χ2v) is 3.15. The Bertz CT molecular complexity index is 374. The third kappa shape index (κ3) is 2.41. The van der Waals surface area contributed by atoms with Crippen molar-refractivity contribution in [1.82, 2.24) is 0 Å². The summed E-state index contributed by atoms with van der Waals surface area (Å²) in [6.07, 6.45) is 0.352. The molecule has 0 atom stereocenters. The van der Waals surface area contributed by atoms with Crippen LogP contribution in [0.25, 0.3) is 0 Å². The molecule has 1 aromatic carbocycles. The fourth-order valence-corrected chi connectivity index (χ4v) is 1.25. The molecule has 0 aliphatic carbocycles. The van der Waals surface area contributed by atoms with Crippen LogP contribution in [0.3, 0.4) is 0 Å². The fraction of sp³-hybridized carbons (Fsp3) is 0.273. The van der Waals surface area contributed by atoms with Crippen molar-refractivity contribution in [2.75, 3.05) is 0 Å². The zero-order chi connectivity index (χ0) is 9.84. The quantitative estimate of drug-likeness (QED) is 0.686. The minimum absolute atomic E-state index is 0.0853. The second-order valence-electron chi connectivity index (χ2n) is 3.15. The van der Waals surface area contributed by atoms with Gasteiger partial charge in [-0.05, 0) is 25.5 Å². The van der Waals surface area contributed by atoms with E-state index < -0.39 is 0 Å². The molecule has 0 bridgehead atoms. The van der Waals surface area contributed by atoms with E-state index in [0.717, 1.165) is 11.1 Å². The predicted molar refractivity (Wildman–Crippen MR) is 50.3 cm³/mol. The van der Waals surface area contributed by atoms with Gasteiger partial charge in [0.05, 0.1) is 11.6 Å². The van der Waals surface area contributed by atoms with Gasteiger partial charge in [0.15, 0.2) is 0 Å². The molecule has 0 N–H and O–H groups in total. The van der Waals surface area contributed by atoms with E-state index in [4.69, 9.17) is 5.26 Å². The van der Waals surface area contributed by atoms with Crippen molar-refractivity contribution < 1.29 is 4.79 Å². The molecule has 0 spiro atoms. The zero-order valence-corrected chi connectivity index (χ0v) is 7.79. The van der Waals surface area contributed by atoms with Crippen molar-refractivity contribution in [2.45, 2.75) is 20.3 Å². The molecule has 0 radical (unpaired) electrons. The van der Waals surface area contributed by atoms with Gasteiger partial charge in [-0.2, -0.15) is 5.26 Å². The van der Waals surface area contributed by atoms with Crippen LogP contribution in [0.15, 0.2) is 18.2 Å². The lowest BCUT2D eigenvalue weighted by Gasteiger charge is -2.01. The first kappa shape index (κ1) is 9.47. The summed E-state index contributed by atoms with van der Waals surface area (Å²) >= 11 is 0. The molecule has 0 fully saturated rings. The van der Waals surface area contributed by atoms with Crippen LogP contribution in [0.2, 0.25) is 0 Å². The topological polar surface area (TPSA) is 40.9 Å². The van der Waals surface area contributed by atoms with Gasteiger partial charge in [-0.1, -0.05) is 17.7 Å². The number of benzene rings is 1. The molecule has 1 aromatic rings. The molecule has 0 amide bonds. The van der Waals surface area contributed by atoms with E-state index >= 15 is 0 Å². The van der Waals surface area contributed by atoms with Crippen LogP contribution < -0.4 is 0 Å². The highest BCUT2D eigenvalue weighted by atomic mass is 16.1. The van der Waals surface area contributed by atoms with Crippen LogP contribution in [0.4, 0.5) is 0 Å². The molecule has 0 saturated carbocycles. The van der Waals surface area contributed by atoms with Crippen LogP contribution in [-0.4, -0.2) is 5.78 Å². The number of hydrogen-bond donors (Lipinski definition) is 0. The monoisotopic (exact) mass is 173 g/mol. The van der Waals surface area contributed by atoms with Crippen molar-refractivity contribution in [3.05, 3.63) is 34.9 Å². The number of carbonyl (C=O) groups is 1. The Labute approximate surface area is 77.8 Å². The highest BCUT2D eigenvalue weighted by Gasteiger charge is 2.04. The molecular weight excluding hydrogens is 162 g/mol. The molecule has 2 heteroatoms. The number of ketones is 1. The van der Waals surface area contributed by atoms with Crippen LogP contribution >= 0.6 is 0 Å². The van der Waals surface area contributed by atoms with Gasteiger partial charge in [-0.25, -0.2) is 0 Å². The Balaban J connectivity index is 3.10. The maximum Gasteiger partial charge on any atom is 0.134 e. The van der Waals surface area contributed by atoms with Crippen molar-refractivity contribution >= 4 is 5.78 Å². The number of hydrogen-bond acceptors (Lipinski definition) is 2. The Morgan fingerprint density at radius 2 is 2.23 bits per heavy atom. The Morgan fingerprint density at radius 3 is 2.77 bits per heavy atom. The second kappa shape index (κ2) is 3.86. The first-order valence-electron chi connectivity index (χ1n) is 4.12.